The summed E-state index contributed by atoms with van der Waals surface area (Å²) in [5.41, 5.74) is 1.96. The van der Waals surface area contributed by atoms with E-state index in [1.165, 1.54) is 10.9 Å². The zero-order valence-corrected chi connectivity index (χ0v) is 14.5. The number of hydrogen-bond donors (Lipinski definition) is 2. The molecule has 0 aliphatic carbocycles. The molecule has 2 heterocycles. The summed E-state index contributed by atoms with van der Waals surface area (Å²) in [6.07, 6.45) is 3.17. The van der Waals surface area contributed by atoms with Gasteiger partial charge in [-0.25, -0.2) is 4.98 Å². The van der Waals surface area contributed by atoms with Gasteiger partial charge in [0.25, 0.3) is 0 Å². The number of carbonyl (C=O) groups is 2. The number of nitrogens with zero attached hydrogens (tertiary/aromatic N) is 3. The maximum Gasteiger partial charge on any atom is 0.241 e. The van der Waals surface area contributed by atoms with E-state index in [-0.39, 0.29) is 24.8 Å². The zero-order valence-electron chi connectivity index (χ0n) is 14.5. The quantitative estimate of drug-likeness (QED) is 0.703. The molecule has 0 atom stereocenters. The second-order valence-electron chi connectivity index (χ2n) is 5.71. The van der Waals surface area contributed by atoms with Gasteiger partial charge in [0, 0.05) is 18.8 Å². The van der Waals surface area contributed by atoms with Crippen molar-refractivity contribution in [3.63, 3.8) is 0 Å². The molecule has 2 amide bonds. The summed E-state index contributed by atoms with van der Waals surface area (Å²) in [6.45, 7) is 1.87. The molecule has 8 heteroatoms. The van der Waals surface area contributed by atoms with E-state index in [1.54, 1.807) is 20.2 Å². The maximum absolute atomic E-state index is 12.3. The molecule has 0 spiro atoms. The molecule has 0 fully saturated rings. The molecule has 26 heavy (non-hydrogen) atoms. The Labute approximate surface area is 150 Å². The van der Waals surface area contributed by atoms with E-state index >= 15 is 0 Å². The molecule has 134 valence electrons. The summed E-state index contributed by atoms with van der Waals surface area (Å²) in [4.78, 5) is 28.0. The SMILES string of the molecule is CNC(=O)Cn1cc(NC(=O)Cc2nc(-c3ccccc3)oc2C)cn1. The maximum atomic E-state index is 12.3. The smallest absolute Gasteiger partial charge is 0.241 e. The number of benzene rings is 1. The van der Waals surface area contributed by atoms with Gasteiger partial charge < -0.3 is 15.1 Å². The van der Waals surface area contributed by atoms with Crippen LogP contribution >= 0.6 is 0 Å². The third-order valence-electron chi connectivity index (χ3n) is 3.74. The molecule has 0 saturated carbocycles. The van der Waals surface area contributed by atoms with Crippen LogP contribution in [0, 0.1) is 6.92 Å². The van der Waals surface area contributed by atoms with Gasteiger partial charge in [0.05, 0.1) is 24.0 Å². The van der Waals surface area contributed by atoms with Crippen LogP contribution in [0.5, 0.6) is 0 Å². The molecule has 0 radical (unpaired) electrons. The number of aromatic nitrogens is 3. The van der Waals surface area contributed by atoms with Gasteiger partial charge in [-0.3, -0.25) is 14.3 Å². The second-order valence-corrected chi connectivity index (χ2v) is 5.71. The van der Waals surface area contributed by atoms with Gasteiger partial charge in [0.1, 0.15) is 12.3 Å². The fraction of sp³-hybridized carbons (Fsp3) is 0.222. The molecule has 0 bridgehead atoms. The van der Waals surface area contributed by atoms with E-state index in [1.807, 2.05) is 30.3 Å². The number of nitrogens with one attached hydrogen (secondary N) is 2. The average molecular weight is 353 g/mol. The van der Waals surface area contributed by atoms with Crippen molar-refractivity contribution in [3.8, 4) is 11.5 Å². The summed E-state index contributed by atoms with van der Waals surface area (Å²) in [7, 11) is 1.55. The van der Waals surface area contributed by atoms with E-state index in [0.717, 1.165) is 5.56 Å². The van der Waals surface area contributed by atoms with Crippen LogP contribution in [0.25, 0.3) is 11.5 Å². The van der Waals surface area contributed by atoms with Crippen molar-refractivity contribution in [1.82, 2.24) is 20.1 Å². The summed E-state index contributed by atoms with van der Waals surface area (Å²) in [5.74, 6) is 0.691. The van der Waals surface area contributed by atoms with Crippen molar-refractivity contribution in [1.29, 1.82) is 0 Å². The highest BCUT2D eigenvalue weighted by molar-refractivity contribution is 5.92. The van der Waals surface area contributed by atoms with Gasteiger partial charge in [-0.1, -0.05) is 18.2 Å². The normalized spacial score (nSPS) is 10.5. The van der Waals surface area contributed by atoms with Crippen LogP contribution in [0.15, 0.2) is 47.1 Å². The Bertz CT molecular complexity index is 914. The lowest BCUT2D eigenvalue weighted by molar-refractivity contribution is -0.121. The lowest BCUT2D eigenvalue weighted by Gasteiger charge is -2.01. The number of aryl methyl sites for hydroxylation is 1. The number of carbonyl (C=O) groups excluding carboxylic acids is 2. The molecule has 0 saturated heterocycles. The summed E-state index contributed by atoms with van der Waals surface area (Å²) in [6, 6.07) is 9.51. The van der Waals surface area contributed by atoms with Crippen LogP contribution in [-0.2, 0) is 22.6 Å². The fourth-order valence-corrected chi connectivity index (χ4v) is 2.39. The van der Waals surface area contributed by atoms with E-state index < -0.39 is 0 Å². The molecule has 0 unspecified atom stereocenters. The van der Waals surface area contributed by atoms with Crippen molar-refractivity contribution in [3.05, 3.63) is 54.2 Å². The Morgan fingerprint density at radius 2 is 1.96 bits per heavy atom. The third-order valence-corrected chi connectivity index (χ3v) is 3.74. The van der Waals surface area contributed by atoms with Gasteiger partial charge in [-0.2, -0.15) is 5.10 Å². The van der Waals surface area contributed by atoms with Crippen molar-refractivity contribution in [2.24, 2.45) is 0 Å². The predicted molar refractivity (Wildman–Crippen MR) is 95.3 cm³/mol. The lowest BCUT2D eigenvalue weighted by atomic mass is 10.2. The molecule has 3 aromatic rings. The van der Waals surface area contributed by atoms with E-state index in [2.05, 4.69) is 20.7 Å². The highest BCUT2D eigenvalue weighted by Crippen LogP contribution is 2.21. The standard InChI is InChI=1S/C18H19N5O3/c1-12-15(22-18(26-12)13-6-4-3-5-7-13)8-16(24)21-14-9-20-23(10-14)11-17(25)19-2/h3-7,9-10H,8,11H2,1-2H3,(H,19,25)(H,21,24). The number of likely N-dealkylation sites (N-methyl/N-ethyl adjacent to an activating group) is 1. The fourth-order valence-electron chi connectivity index (χ4n) is 2.39. The zero-order chi connectivity index (χ0) is 18.5. The van der Waals surface area contributed by atoms with E-state index in [4.69, 9.17) is 4.42 Å². The second kappa shape index (κ2) is 7.64. The Kier molecular flexibility index (Phi) is 5.12. The first-order valence-electron chi connectivity index (χ1n) is 8.10. The van der Waals surface area contributed by atoms with Crippen LogP contribution < -0.4 is 10.6 Å². The number of amides is 2. The van der Waals surface area contributed by atoms with Gasteiger partial charge in [0.2, 0.25) is 17.7 Å². The number of hydrogen-bond acceptors (Lipinski definition) is 5. The van der Waals surface area contributed by atoms with Gasteiger partial charge in [0.15, 0.2) is 0 Å². The van der Waals surface area contributed by atoms with E-state index in [0.29, 0.717) is 23.0 Å². The van der Waals surface area contributed by atoms with Crippen LogP contribution in [-0.4, -0.2) is 33.6 Å². The molecular weight excluding hydrogens is 334 g/mol. The van der Waals surface area contributed by atoms with Gasteiger partial charge in [-0.15, -0.1) is 0 Å². The number of anilines is 1. The summed E-state index contributed by atoms with van der Waals surface area (Å²) in [5, 5.41) is 9.29. The van der Waals surface area contributed by atoms with Crippen LogP contribution in [0.4, 0.5) is 5.69 Å². The van der Waals surface area contributed by atoms with Crippen molar-refractivity contribution >= 4 is 17.5 Å². The first-order valence-corrected chi connectivity index (χ1v) is 8.10. The third kappa shape index (κ3) is 4.15. The first-order chi connectivity index (χ1) is 12.5. The topological polar surface area (TPSA) is 102 Å². The van der Waals surface area contributed by atoms with Crippen molar-refractivity contribution < 1.29 is 14.0 Å². The van der Waals surface area contributed by atoms with Gasteiger partial charge >= 0.3 is 0 Å². The Hall–Kier alpha value is -3.42. The highest BCUT2D eigenvalue weighted by atomic mass is 16.4. The molecule has 0 aliphatic heterocycles. The largest absolute Gasteiger partial charge is 0.441 e. The van der Waals surface area contributed by atoms with E-state index in [9.17, 15) is 9.59 Å². The molecule has 2 N–H and O–H groups in total. The molecule has 1 aromatic carbocycles. The Morgan fingerprint density at radius 3 is 2.69 bits per heavy atom. The molecule has 8 nitrogen and oxygen atoms in total. The number of rotatable bonds is 6. The van der Waals surface area contributed by atoms with Crippen LogP contribution in [0.3, 0.4) is 0 Å². The first kappa shape index (κ1) is 17.4. The van der Waals surface area contributed by atoms with Crippen LogP contribution in [0.1, 0.15) is 11.5 Å². The lowest BCUT2D eigenvalue weighted by Crippen LogP contribution is -2.23. The minimum absolute atomic E-state index is 0.0861. The molecular formula is C18H19N5O3. The minimum Gasteiger partial charge on any atom is -0.441 e. The minimum atomic E-state index is -0.236. The van der Waals surface area contributed by atoms with Gasteiger partial charge in [-0.05, 0) is 19.1 Å². The number of oxazole rings is 1. The Balaban J connectivity index is 1.64. The molecule has 0 aliphatic rings. The summed E-state index contributed by atoms with van der Waals surface area (Å²) >= 11 is 0. The summed E-state index contributed by atoms with van der Waals surface area (Å²) < 4.78 is 7.11. The predicted octanol–water partition coefficient (Wildman–Crippen LogP) is 1.77. The average Bonchev–Trinajstić information content (AvgIpc) is 3.22. The molecule has 3 rings (SSSR count). The van der Waals surface area contributed by atoms with Crippen molar-refractivity contribution in [2.45, 2.75) is 19.9 Å². The Morgan fingerprint density at radius 1 is 1.19 bits per heavy atom. The van der Waals surface area contributed by atoms with Crippen molar-refractivity contribution in [2.75, 3.05) is 12.4 Å². The monoisotopic (exact) mass is 353 g/mol. The highest BCUT2D eigenvalue weighted by Gasteiger charge is 2.15. The van der Waals surface area contributed by atoms with Crippen LogP contribution in [0.2, 0.25) is 0 Å². The molecule has 2 aromatic heterocycles.